The van der Waals surface area contributed by atoms with Gasteiger partial charge in [-0.05, 0) is 59.7 Å². The van der Waals surface area contributed by atoms with Crippen LogP contribution in [0.15, 0.2) is 89.5 Å². The average molecular weight is 446 g/mol. The second kappa shape index (κ2) is 7.01. The van der Waals surface area contributed by atoms with Crippen LogP contribution in [0, 0.1) is 0 Å². The number of nitrogens with zero attached hydrogens (tertiary/aromatic N) is 2. The molecular formula is C24H14BrClN2. The number of aromatic nitrogens is 2. The molecule has 2 nitrogen and oxygen atoms in total. The molecule has 4 heteroatoms. The summed E-state index contributed by atoms with van der Waals surface area (Å²) in [6, 6.07) is 26.5. The van der Waals surface area contributed by atoms with Crippen molar-refractivity contribution in [2.45, 2.75) is 0 Å². The predicted octanol–water partition coefficient (Wildman–Crippen LogP) is 7.53. The van der Waals surface area contributed by atoms with Crippen LogP contribution in [0.25, 0.3) is 44.2 Å². The number of rotatable bonds is 2. The summed E-state index contributed by atoms with van der Waals surface area (Å²) in [5, 5.41) is 2.94. The summed E-state index contributed by atoms with van der Waals surface area (Å²) in [4.78, 5) is 9.47. The molecule has 2 aromatic heterocycles. The molecule has 0 saturated heterocycles. The van der Waals surface area contributed by atoms with Crippen LogP contribution in [0.4, 0.5) is 0 Å². The Hall–Kier alpha value is -2.75. The summed E-state index contributed by atoms with van der Waals surface area (Å²) in [5.74, 6) is 0. The van der Waals surface area contributed by atoms with E-state index in [0.717, 1.165) is 53.7 Å². The largest absolute Gasteiger partial charge is 0.256 e. The third-order valence-corrected chi connectivity index (χ3v) is 5.63. The monoisotopic (exact) mass is 444 g/mol. The lowest BCUT2D eigenvalue weighted by Gasteiger charge is -2.13. The van der Waals surface area contributed by atoms with Gasteiger partial charge in [-0.15, -0.1) is 0 Å². The fourth-order valence-electron chi connectivity index (χ4n) is 3.51. The molecule has 0 aliphatic rings. The molecule has 0 N–H and O–H groups in total. The van der Waals surface area contributed by atoms with Crippen LogP contribution in [-0.4, -0.2) is 9.97 Å². The highest BCUT2D eigenvalue weighted by Gasteiger charge is 2.13. The molecular weight excluding hydrogens is 432 g/mol. The fraction of sp³-hybridized carbons (Fsp3) is 0. The number of hydrogen-bond donors (Lipinski definition) is 0. The van der Waals surface area contributed by atoms with Crippen molar-refractivity contribution in [3.63, 3.8) is 0 Å². The Bertz CT molecular complexity index is 1310. The molecule has 0 amide bonds. The van der Waals surface area contributed by atoms with Crippen LogP contribution in [0.1, 0.15) is 0 Å². The molecule has 0 radical (unpaired) electrons. The van der Waals surface area contributed by atoms with E-state index in [0.29, 0.717) is 0 Å². The van der Waals surface area contributed by atoms with Crippen molar-refractivity contribution in [1.82, 2.24) is 9.97 Å². The molecule has 5 rings (SSSR count). The molecule has 0 aliphatic carbocycles. The van der Waals surface area contributed by atoms with Gasteiger partial charge in [0.25, 0.3) is 0 Å². The zero-order valence-electron chi connectivity index (χ0n) is 14.7. The normalized spacial score (nSPS) is 11.2. The van der Waals surface area contributed by atoms with Crippen LogP contribution in [0.3, 0.4) is 0 Å². The third-order valence-electron chi connectivity index (χ3n) is 4.85. The fourth-order valence-corrected chi connectivity index (χ4v) is 3.90. The molecule has 2 heterocycles. The molecule has 134 valence electrons. The van der Waals surface area contributed by atoms with Gasteiger partial charge in [0.15, 0.2) is 0 Å². The molecule has 0 unspecified atom stereocenters. The van der Waals surface area contributed by atoms with Crippen molar-refractivity contribution in [2.75, 3.05) is 0 Å². The number of hydrogen-bond acceptors (Lipinski definition) is 2. The van der Waals surface area contributed by atoms with E-state index in [9.17, 15) is 0 Å². The second-order valence-corrected chi connectivity index (χ2v) is 7.95. The van der Waals surface area contributed by atoms with Gasteiger partial charge in [-0.3, -0.25) is 4.98 Å². The van der Waals surface area contributed by atoms with E-state index in [2.05, 4.69) is 57.3 Å². The van der Waals surface area contributed by atoms with Crippen molar-refractivity contribution >= 4 is 49.3 Å². The topological polar surface area (TPSA) is 25.8 Å². The van der Waals surface area contributed by atoms with Crippen molar-refractivity contribution in [3.05, 3.63) is 94.6 Å². The van der Waals surface area contributed by atoms with Crippen molar-refractivity contribution in [3.8, 4) is 22.4 Å². The maximum Gasteiger partial charge on any atom is 0.0723 e. The molecule has 28 heavy (non-hydrogen) atoms. The van der Waals surface area contributed by atoms with Crippen molar-refractivity contribution in [1.29, 1.82) is 0 Å². The van der Waals surface area contributed by atoms with Crippen LogP contribution < -0.4 is 0 Å². The Morgan fingerprint density at radius 2 is 1.46 bits per heavy atom. The maximum atomic E-state index is 6.07. The summed E-state index contributed by atoms with van der Waals surface area (Å²) in [6.45, 7) is 0. The Labute approximate surface area is 176 Å². The lowest BCUT2D eigenvalue weighted by atomic mass is 9.96. The summed E-state index contributed by atoms with van der Waals surface area (Å²) >= 11 is 9.60. The lowest BCUT2D eigenvalue weighted by Crippen LogP contribution is -1.92. The first-order valence-electron chi connectivity index (χ1n) is 8.89. The summed E-state index contributed by atoms with van der Waals surface area (Å²) in [7, 11) is 0. The Kier molecular flexibility index (Phi) is 4.34. The maximum absolute atomic E-state index is 6.07. The van der Waals surface area contributed by atoms with Gasteiger partial charge in [0.05, 0.1) is 16.7 Å². The van der Waals surface area contributed by atoms with Gasteiger partial charge in [0.2, 0.25) is 0 Å². The molecule has 0 saturated carbocycles. The minimum atomic E-state index is 0.717. The number of benzene rings is 3. The minimum Gasteiger partial charge on any atom is -0.256 e. The molecule has 0 bridgehead atoms. The van der Waals surface area contributed by atoms with Gasteiger partial charge in [-0.25, -0.2) is 4.98 Å². The summed E-state index contributed by atoms with van der Waals surface area (Å²) in [5.41, 5.74) is 6.16. The standard InChI is InChI=1S/C24H14BrClN2/c25-17-7-3-15(4-8-17)20-14-23(16-5-9-18(26)10-6-16)28-22-12-11-21-19(24(20)22)2-1-13-27-21/h1-14H. The third kappa shape index (κ3) is 3.07. The van der Waals surface area contributed by atoms with E-state index in [1.165, 1.54) is 0 Å². The molecule has 0 aliphatic heterocycles. The predicted molar refractivity (Wildman–Crippen MR) is 121 cm³/mol. The average Bonchev–Trinajstić information content (AvgIpc) is 2.74. The second-order valence-electron chi connectivity index (χ2n) is 6.60. The zero-order valence-corrected chi connectivity index (χ0v) is 17.1. The zero-order chi connectivity index (χ0) is 19.1. The number of halogens is 2. The smallest absolute Gasteiger partial charge is 0.0723 e. The first-order chi connectivity index (χ1) is 13.7. The molecule has 5 aromatic rings. The van der Waals surface area contributed by atoms with Crippen LogP contribution in [0.2, 0.25) is 5.02 Å². The van der Waals surface area contributed by atoms with E-state index < -0.39 is 0 Å². The van der Waals surface area contributed by atoms with Gasteiger partial charge in [0.1, 0.15) is 0 Å². The highest BCUT2D eigenvalue weighted by atomic mass is 79.9. The first kappa shape index (κ1) is 17.4. The molecule has 3 aromatic carbocycles. The highest BCUT2D eigenvalue weighted by Crippen LogP contribution is 2.36. The van der Waals surface area contributed by atoms with Crippen LogP contribution >= 0.6 is 27.5 Å². The van der Waals surface area contributed by atoms with E-state index in [1.807, 2.05) is 48.7 Å². The summed E-state index contributed by atoms with van der Waals surface area (Å²) < 4.78 is 1.05. The van der Waals surface area contributed by atoms with Gasteiger partial charge < -0.3 is 0 Å². The lowest BCUT2D eigenvalue weighted by molar-refractivity contribution is 1.38. The first-order valence-corrected chi connectivity index (χ1v) is 10.1. The van der Waals surface area contributed by atoms with E-state index >= 15 is 0 Å². The number of fused-ring (bicyclic) bond motifs is 3. The number of pyridine rings is 2. The minimum absolute atomic E-state index is 0.717. The van der Waals surface area contributed by atoms with Gasteiger partial charge >= 0.3 is 0 Å². The highest BCUT2D eigenvalue weighted by molar-refractivity contribution is 9.10. The van der Waals surface area contributed by atoms with Crippen molar-refractivity contribution in [2.24, 2.45) is 0 Å². The van der Waals surface area contributed by atoms with Crippen molar-refractivity contribution < 1.29 is 0 Å². The van der Waals surface area contributed by atoms with E-state index in [4.69, 9.17) is 16.6 Å². The van der Waals surface area contributed by atoms with Gasteiger partial charge in [-0.2, -0.15) is 0 Å². The van der Waals surface area contributed by atoms with Gasteiger partial charge in [0, 0.05) is 32.0 Å². The Morgan fingerprint density at radius 3 is 2.25 bits per heavy atom. The SMILES string of the molecule is Clc1ccc(-c2cc(-c3ccc(Br)cc3)c3c(ccc4ncccc43)n2)cc1. The van der Waals surface area contributed by atoms with Crippen LogP contribution in [0.5, 0.6) is 0 Å². The van der Waals surface area contributed by atoms with Gasteiger partial charge in [-0.1, -0.05) is 57.9 Å². The quantitative estimate of drug-likeness (QED) is 0.262. The Balaban J connectivity index is 1.87. The van der Waals surface area contributed by atoms with E-state index in [1.54, 1.807) is 0 Å². The van der Waals surface area contributed by atoms with E-state index in [-0.39, 0.29) is 0 Å². The molecule has 0 fully saturated rings. The molecule has 0 spiro atoms. The summed E-state index contributed by atoms with van der Waals surface area (Å²) in [6.07, 6.45) is 1.82. The van der Waals surface area contributed by atoms with Crippen LogP contribution in [-0.2, 0) is 0 Å². The molecule has 0 atom stereocenters. The Morgan fingerprint density at radius 1 is 0.750 bits per heavy atom.